The maximum absolute atomic E-state index is 13.8. The molecule has 2 amide bonds. The summed E-state index contributed by atoms with van der Waals surface area (Å²) in [5, 5.41) is 5.94. The SMILES string of the molecule is CCn1cc(S(=O)(=O)N2CC(CC(C(N)=O)C3CC3)Oc3ccc(NC(=O)OC(C)(C)C(F)(F)F)cc32)c(Cl)n1. The number of ether oxygens (including phenoxy) is 2. The number of carbonyl (C=O) groups is 2. The van der Waals surface area contributed by atoms with Crippen molar-refractivity contribution >= 4 is 45.0 Å². The molecule has 0 bridgehead atoms. The molecule has 0 saturated heterocycles. The van der Waals surface area contributed by atoms with E-state index < -0.39 is 45.8 Å². The summed E-state index contributed by atoms with van der Waals surface area (Å²) in [6.07, 6.45) is -3.85. The van der Waals surface area contributed by atoms with Crippen molar-refractivity contribution in [3.63, 3.8) is 0 Å². The topological polar surface area (TPSA) is 146 Å². The number of rotatable bonds is 9. The molecule has 4 rings (SSSR count). The van der Waals surface area contributed by atoms with Gasteiger partial charge in [-0.15, -0.1) is 0 Å². The number of nitrogens with two attached hydrogens (primary N) is 1. The quantitative estimate of drug-likeness (QED) is 0.432. The minimum Gasteiger partial charge on any atom is -0.486 e. The number of aryl methyl sites for hydroxylation is 1. The van der Waals surface area contributed by atoms with Crippen molar-refractivity contribution in [1.82, 2.24) is 9.78 Å². The van der Waals surface area contributed by atoms with Gasteiger partial charge in [-0.3, -0.25) is 19.1 Å². The first kappa shape index (κ1) is 29.8. The molecule has 3 N–H and O–H groups in total. The van der Waals surface area contributed by atoms with E-state index in [1.807, 2.05) is 0 Å². The number of alkyl halides is 3. The summed E-state index contributed by atoms with van der Waals surface area (Å²) < 4.78 is 80.1. The van der Waals surface area contributed by atoms with Crippen LogP contribution in [-0.2, 0) is 26.1 Å². The molecule has 2 aliphatic rings. The van der Waals surface area contributed by atoms with Crippen LogP contribution in [0.25, 0.3) is 0 Å². The standard InChI is InChI=1S/C24H29ClF3N5O6S/c1-4-32-12-19(20(25)31-32)40(36,37)33-11-15(10-16(21(29)34)13-5-6-13)38-18-8-7-14(9-17(18)33)30-22(35)39-23(2,3)24(26,27)28/h7-9,12-13,15-16H,4-6,10-11H2,1-3H3,(H2,29,34)(H,30,35). The molecule has 2 atom stereocenters. The van der Waals surface area contributed by atoms with Gasteiger partial charge in [0.1, 0.15) is 16.7 Å². The first-order chi connectivity index (χ1) is 18.5. The highest BCUT2D eigenvalue weighted by molar-refractivity contribution is 7.93. The van der Waals surface area contributed by atoms with E-state index in [-0.39, 0.29) is 46.1 Å². The lowest BCUT2D eigenvalue weighted by Gasteiger charge is -2.36. The van der Waals surface area contributed by atoms with Gasteiger partial charge >= 0.3 is 12.3 Å². The summed E-state index contributed by atoms with van der Waals surface area (Å²) in [7, 11) is -4.35. The molecule has 1 saturated carbocycles. The lowest BCUT2D eigenvalue weighted by atomic mass is 9.95. The third kappa shape index (κ3) is 6.09. The second-order valence-electron chi connectivity index (χ2n) is 10.2. The second kappa shape index (κ2) is 10.7. The minimum atomic E-state index is -4.82. The zero-order valence-corrected chi connectivity index (χ0v) is 23.4. The van der Waals surface area contributed by atoms with Gasteiger partial charge in [-0.25, -0.2) is 13.2 Å². The monoisotopic (exact) mass is 607 g/mol. The van der Waals surface area contributed by atoms with Crippen LogP contribution in [0.4, 0.5) is 29.3 Å². The number of fused-ring (bicyclic) bond motifs is 1. The number of amides is 2. The van der Waals surface area contributed by atoms with Gasteiger partial charge in [0.15, 0.2) is 5.15 Å². The van der Waals surface area contributed by atoms with Gasteiger partial charge in [0, 0.05) is 24.3 Å². The Bertz CT molecular complexity index is 1410. The van der Waals surface area contributed by atoms with Crippen LogP contribution in [0.1, 0.15) is 40.0 Å². The summed E-state index contributed by atoms with van der Waals surface area (Å²) in [6.45, 7) is 3.27. The highest BCUT2D eigenvalue weighted by Gasteiger charge is 2.51. The molecule has 2 aromatic rings. The van der Waals surface area contributed by atoms with E-state index in [0.29, 0.717) is 20.4 Å². The molecule has 1 aliphatic carbocycles. The van der Waals surface area contributed by atoms with E-state index in [1.165, 1.54) is 29.1 Å². The summed E-state index contributed by atoms with van der Waals surface area (Å²) in [5.41, 5.74) is 2.77. The van der Waals surface area contributed by atoms with E-state index in [0.717, 1.165) is 17.1 Å². The molecule has 1 fully saturated rings. The predicted octanol–water partition coefficient (Wildman–Crippen LogP) is 4.30. The number of nitrogens with zero attached hydrogens (tertiary/aromatic N) is 3. The van der Waals surface area contributed by atoms with E-state index in [2.05, 4.69) is 15.2 Å². The fourth-order valence-corrected chi connectivity index (χ4v) is 6.28. The summed E-state index contributed by atoms with van der Waals surface area (Å²) in [5.74, 6) is -0.802. The van der Waals surface area contributed by atoms with Crippen LogP contribution in [0.2, 0.25) is 5.15 Å². The fraction of sp³-hybridized carbons (Fsp3) is 0.542. The van der Waals surface area contributed by atoms with Crippen molar-refractivity contribution in [3.8, 4) is 5.75 Å². The van der Waals surface area contributed by atoms with Crippen molar-refractivity contribution in [1.29, 1.82) is 0 Å². The van der Waals surface area contributed by atoms with Crippen molar-refractivity contribution in [2.45, 2.75) is 69.4 Å². The number of sulfonamides is 1. The number of halogens is 4. The molecule has 1 aromatic heterocycles. The van der Waals surface area contributed by atoms with Gasteiger partial charge in [-0.1, -0.05) is 11.6 Å². The lowest BCUT2D eigenvalue weighted by Crippen LogP contribution is -2.45. The van der Waals surface area contributed by atoms with Crippen LogP contribution in [0.15, 0.2) is 29.3 Å². The number of benzene rings is 1. The van der Waals surface area contributed by atoms with E-state index >= 15 is 0 Å². The minimum absolute atomic E-state index is 0.00788. The largest absolute Gasteiger partial charge is 0.486 e. The average molecular weight is 608 g/mol. The first-order valence-corrected chi connectivity index (χ1v) is 14.3. The Kier molecular flexibility index (Phi) is 7.93. The Morgan fingerprint density at radius 3 is 2.52 bits per heavy atom. The number of hydrogen-bond donors (Lipinski definition) is 2. The van der Waals surface area contributed by atoms with Crippen LogP contribution >= 0.6 is 11.6 Å². The van der Waals surface area contributed by atoms with Gasteiger partial charge in [0.2, 0.25) is 11.5 Å². The maximum atomic E-state index is 13.8. The Balaban J connectivity index is 1.68. The molecule has 40 heavy (non-hydrogen) atoms. The van der Waals surface area contributed by atoms with Crippen LogP contribution in [-0.4, -0.2) is 54.6 Å². The van der Waals surface area contributed by atoms with E-state index in [4.69, 9.17) is 22.1 Å². The maximum Gasteiger partial charge on any atom is 0.427 e. The molecule has 0 radical (unpaired) electrons. The molecule has 2 unspecified atom stereocenters. The molecule has 1 aliphatic heterocycles. The number of primary amides is 1. The average Bonchev–Trinajstić information content (AvgIpc) is 3.61. The van der Waals surface area contributed by atoms with Crippen LogP contribution in [0, 0.1) is 11.8 Å². The van der Waals surface area contributed by atoms with Crippen molar-refractivity contribution in [2.24, 2.45) is 17.6 Å². The third-order valence-corrected chi connectivity index (χ3v) is 8.99. The molecule has 16 heteroatoms. The van der Waals surface area contributed by atoms with Gasteiger partial charge in [0.05, 0.1) is 12.2 Å². The fourth-order valence-electron chi connectivity index (χ4n) is 4.33. The number of hydrogen-bond acceptors (Lipinski definition) is 7. The Hall–Kier alpha value is -3.20. The van der Waals surface area contributed by atoms with Crippen molar-refractivity contribution < 1.29 is 40.7 Å². The molecular weight excluding hydrogens is 579 g/mol. The second-order valence-corrected chi connectivity index (χ2v) is 12.4. The number of aromatic nitrogens is 2. The van der Waals surface area contributed by atoms with Crippen LogP contribution < -0.4 is 20.1 Å². The Morgan fingerprint density at radius 2 is 1.98 bits per heavy atom. The van der Waals surface area contributed by atoms with Crippen LogP contribution in [0.3, 0.4) is 0 Å². The van der Waals surface area contributed by atoms with Crippen molar-refractivity contribution in [3.05, 3.63) is 29.5 Å². The molecular formula is C24H29ClF3N5O6S. The number of carbonyl (C=O) groups excluding carboxylic acids is 2. The predicted molar refractivity (Wildman–Crippen MR) is 139 cm³/mol. The Labute approximate surface area is 233 Å². The highest BCUT2D eigenvalue weighted by atomic mass is 35.5. The molecule has 11 nitrogen and oxygen atoms in total. The molecule has 1 aromatic carbocycles. The Morgan fingerprint density at radius 1 is 1.30 bits per heavy atom. The summed E-state index contributed by atoms with van der Waals surface area (Å²) in [4.78, 5) is 24.1. The zero-order chi connectivity index (χ0) is 29.6. The van der Waals surface area contributed by atoms with Crippen LogP contribution in [0.5, 0.6) is 5.75 Å². The highest BCUT2D eigenvalue weighted by Crippen LogP contribution is 2.44. The van der Waals surface area contributed by atoms with E-state index in [9.17, 15) is 31.2 Å². The normalized spacial score (nSPS) is 18.5. The lowest BCUT2D eigenvalue weighted by molar-refractivity contribution is -0.242. The van der Waals surface area contributed by atoms with E-state index in [1.54, 1.807) is 6.92 Å². The molecule has 0 spiro atoms. The van der Waals surface area contributed by atoms with Crippen molar-refractivity contribution in [2.75, 3.05) is 16.2 Å². The van der Waals surface area contributed by atoms with Gasteiger partial charge in [-0.2, -0.15) is 18.3 Å². The van der Waals surface area contributed by atoms with Gasteiger partial charge in [-0.05, 0) is 64.2 Å². The number of anilines is 2. The summed E-state index contributed by atoms with van der Waals surface area (Å²) >= 11 is 6.17. The smallest absolute Gasteiger partial charge is 0.427 e. The molecule has 2 heterocycles. The van der Waals surface area contributed by atoms with Gasteiger partial charge < -0.3 is 15.2 Å². The van der Waals surface area contributed by atoms with Gasteiger partial charge in [0.25, 0.3) is 10.0 Å². The summed E-state index contributed by atoms with van der Waals surface area (Å²) in [6, 6.07) is 3.92. The first-order valence-electron chi connectivity index (χ1n) is 12.5. The molecule has 220 valence electrons. The number of nitrogens with one attached hydrogen (secondary N) is 1. The third-order valence-electron chi connectivity index (χ3n) is 6.82. The zero-order valence-electron chi connectivity index (χ0n) is 21.9.